The lowest BCUT2D eigenvalue weighted by Crippen LogP contribution is -2.50. The third kappa shape index (κ3) is 2.55. The molecule has 134 valence electrons. The molecule has 2 aromatic carbocycles. The average Bonchev–Trinajstić information content (AvgIpc) is 3.13. The van der Waals surface area contributed by atoms with Gasteiger partial charge < -0.3 is 15.1 Å². The summed E-state index contributed by atoms with van der Waals surface area (Å²) in [7, 11) is 2.00. The first kappa shape index (κ1) is 16.6. The summed E-state index contributed by atoms with van der Waals surface area (Å²) < 4.78 is 0. The lowest BCUT2D eigenvalue weighted by atomic mass is 10.0. The first-order valence-electron chi connectivity index (χ1n) is 9.03. The van der Waals surface area contributed by atoms with Gasteiger partial charge in [0.25, 0.3) is 11.8 Å². The third-order valence-electron chi connectivity index (χ3n) is 5.65. The van der Waals surface area contributed by atoms with Crippen molar-refractivity contribution in [1.29, 1.82) is 0 Å². The van der Waals surface area contributed by atoms with Crippen LogP contribution in [-0.4, -0.2) is 36.5 Å². The SMILES string of the molecule is Cc1cccc(NC(=O)c2ccc3c(c2)N(C)C2CCCN2C3=O)c1C. The molecule has 5 heteroatoms. The van der Waals surface area contributed by atoms with Crippen molar-refractivity contribution in [1.82, 2.24) is 4.90 Å². The molecule has 4 rings (SSSR count). The van der Waals surface area contributed by atoms with Gasteiger partial charge in [0.05, 0.1) is 11.3 Å². The van der Waals surface area contributed by atoms with Crippen molar-refractivity contribution >= 4 is 23.2 Å². The molecule has 1 atom stereocenters. The first-order valence-corrected chi connectivity index (χ1v) is 9.03. The highest BCUT2D eigenvalue weighted by Crippen LogP contribution is 2.35. The third-order valence-corrected chi connectivity index (χ3v) is 5.65. The molecule has 0 spiro atoms. The number of fused-ring (bicyclic) bond motifs is 2. The minimum Gasteiger partial charge on any atom is -0.354 e. The van der Waals surface area contributed by atoms with E-state index < -0.39 is 0 Å². The lowest BCUT2D eigenvalue weighted by Gasteiger charge is -2.40. The zero-order valence-electron chi connectivity index (χ0n) is 15.4. The van der Waals surface area contributed by atoms with E-state index in [2.05, 4.69) is 10.2 Å². The standard InChI is InChI=1S/C21H23N3O2/c1-13-6-4-7-17(14(13)2)22-20(25)15-9-10-16-18(12-15)23(3)19-8-5-11-24(19)21(16)26/h4,6-7,9-10,12,19H,5,8,11H2,1-3H3,(H,22,25). The van der Waals surface area contributed by atoms with Gasteiger partial charge in [-0.15, -0.1) is 0 Å². The first-order chi connectivity index (χ1) is 12.5. The maximum absolute atomic E-state index is 12.8. The van der Waals surface area contributed by atoms with Gasteiger partial charge in [-0.05, 0) is 62.1 Å². The molecule has 0 aliphatic carbocycles. The molecule has 1 fully saturated rings. The zero-order chi connectivity index (χ0) is 18.4. The summed E-state index contributed by atoms with van der Waals surface area (Å²) in [4.78, 5) is 29.5. The highest BCUT2D eigenvalue weighted by atomic mass is 16.2. The van der Waals surface area contributed by atoms with E-state index in [4.69, 9.17) is 0 Å². The number of nitrogens with zero attached hydrogens (tertiary/aromatic N) is 2. The second kappa shape index (κ2) is 6.16. The highest BCUT2D eigenvalue weighted by molar-refractivity contribution is 6.08. The summed E-state index contributed by atoms with van der Waals surface area (Å²) in [6.07, 6.45) is 2.10. The topological polar surface area (TPSA) is 52.7 Å². The molecule has 2 aromatic rings. The van der Waals surface area contributed by atoms with E-state index >= 15 is 0 Å². The molecule has 1 saturated heterocycles. The largest absolute Gasteiger partial charge is 0.354 e. The van der Waals surface area contributed by atoms with Crippen molar-refractivity contribution in [3.05, 3.63) is 58.7 Å². The summed E-state index contributed by atoms with van der Waals surface area (Å²) in [6.45, 7) is 4.83. The molecule has 0 bridgehead atoms. The number of carbonyl (C=O) groups is 2. The Bertz CT molecular complexity index is 906. The summed E-state index contributed by atoms with van der Waals surface area (Å²) in [5.41, 5.74) is 5.10. The molecule has 2 aliphatic rings. The van der Waals surface area contributed by atoms with Gasteiger partial charge in [0.15, 0.2) is 0 Å². The smallest absolute Gasteiger partial charge is 0.257 e. The summed E-state index contributed by atoms with van der Waals surface area (Å²) in [6, 6.07) is 11.2. The number of benzene rings is 2. The van der Waals surface area contributed by atoms with Crippen LogP contribution in [0.1, 0.15) is 44.7 Å². The van der Waals surface area contributed by atoms with E-state index in [1.165, 1.54) is 0 Å². The zero-order valence-corrected chi connectivity index (χ0v) is 15.4. The molecule has 2 amide bonds. The Morgan fingerprint density at radius 1 is 1.19 bits per heavy atom. The van der Waals surface area contributed by atoms with Crippen LogP contribution in [0.3, 0.4) is 0 Å². The molecular formula is C21H23N3O2. The van der Waals surface area contributed by atoms with Crippen molar-refractivity contribution in [3.63, 3.8) is 0 Å². The Hall–Kier alpha value is -2.82. The van der Waals surface area contributed by atoms with Gasteiger partial charge >= 0.3 is 0 Å². The Labute approximate surface area is 153 Å². The number of nitrogens with one attached hydrogen (secondary N) is 1. The van der Waals surface area contributed by atoms with Crippen LogP contribution in [0.5, 0.6) is 0 Å². The fraction of sp³-hybridized carbons (Fsp3) is 0.333. The predicted octanol–water partition coefficient (Wildman–Crippen LogP) is 3.57. The van der Waals surface area contributed by atoms with Crippen LogP contribution in [-0.2, 0) is 0 Å². The minimum absolute atomic E-state index is 0.0714. The highest BCUT2D eigenvalue weighted by Gasteiger charge is 2.38. The molecule has 0 aromatic heterocycles. The molecule has 2 aliphatic heterocycles. The lowest BCUT2D eigenvalue weighted by molar-refractivity contribution is 0.0719. The molecule has 26 heavy (non-hydrogen) atoms. The van der Waals surface area contributed by atoms with Gasteiger partial charge in [-0.25, -0.2) is 0 Å². The van der Waals surface area contributed by atoms with Crippen LogP contribution >= 0.6 is 0 Å². The maximum Gasteiger partial charge on any atom is 0.257 e. The number of anilines is 2. The van der Waals surface area contributed by atoms with Gasteiger partial charge in [-0.1, -0.05) is 12.1 Å². The Kier molecular flexibility index (Phi) is 3.94. The second-order valence-corrected chi connectivity index (χ2v) is 7.17. The van der Waals surface area contributed by atoms with E-state index in [1.807, 2.05) is 50.1 Å². The van der Waals surface area contributed by atoms with Crippen molar-refractivity contribution in [2.45, 2.75) is 32.9 Å². The van der Waals surface area contributed by atoms with Crippen molar-refractivity contribution < 1.29 is 9.59 Å². The van der Waals surface area contributed by atoms with Gasteiger partial charge in [0.1, 0.15) is 6.17 Å². The number of aryl methyl sites for hydroxylation is 1. The van der Waals surface area contributed by atoms with E-state index in [9.17, 15) is 9.59 Å². The van der Waals surface area contributed by atoms with Crippen molar-refractivity contribution in [2.75, 3.05) is 23.8 Å². The predicted molar refractivity (Wildman–Crippen MR) is 103 cm³/mol. The number of amides is 2. The molecule has 1 unspecified atom stereocenters. The van der Waals surface area contributed by atoms with Gasteiger partial charge in [-0.3, -0.25) is 9.59 Å². The molecule has 2 heterocycles. The molecule has 0 saturated carbocycles. The van der Waals surface area contributed by atoms with E-state index in [0.29, 0.717) is 11.1 Å². The Balaban J connectivity index is 1.65. The maximum atomic E-state index is 12.8. The van der Waals surface area contributed by atoms with E-state index in [1.54, 1.807) is 12.1 Å². The molecule has 1 N–H and O–H groups in total. The number of rotatable bonds is 2. The van der Waals surface area contributed by atoms with Crippen molar-refractivity contribution in [2.24, 2.45) is 0 Å². The van der Waals surface area contributed by atoms with E-state index in [0.717, 1.165) is 41.9 Å². The second-order valence-electron chi connectivity index (χ2n) is 7.17. The fourth-order valence-corrected chi connectivity index (χ4v) is 3.93. The van der Waals surface area contributed by atoms with Crippen LogP contribution in [0.15, 0.2) is 36.4 Å². The number of hydrogen-bond acceptors (Lipinski definition) is 3. The van der Waals surface area contributed by atoms with E-state index in [-0.39, 0.29) is 18.0 Å². The Morgan fingerprint density at radius 2 is 2.00 bits per heavy atom. The normalized spacial score (nSPS) is 18.6. The molecular weight excluding hydrogens is 326 g/mol. The van der Waals surface area contributed by atoms with Crippen LogP contribution in [0, 0.1) is 13.8 Å². The van der Waals surface area contributed by atoms with Crippen LogP contribution in [0.25, 0.3) is 0 Å². The monoisotopic (exact) mass is 349 g/mol. The van der Waals surface area contributed by atoms with Gasteiger partial charge in [0, 0.05) is 24.8 Å². The summed E-state index contributed by atoms with van der Waals surface area (Å²) in [5, 5.41) is 2.99. The minimum atomic E-state index is -0.156. The van der Waals surface area contributed by atoms with Gasteiger partial charge in [-0.2, -0.15) is 0 Å². The molecule has 0 radical (unpaired) electrons. The summed E-state index contributed by atoms with van der Waals surface area (Å²) in [5.74, 6) is -0.0849. The fourth-order valence-electron chi connectivity index (χ4n) is 3.93. The Morgan fingerprint density at radius 3 is 2.81 bits per heavy atom. The van der Waals surface area contributed by atoms with Gasteiger partial charge in [0.2, 0.25) is 0 Å². The quantitative estimate of drug-likeness (QED) is 0.902. The number of hydrogen-bond donors (Lipinski definition) is 1. The van der Waals surface area contributed by atoms with Crippen LogP contribution < -0.4 is 10.2 Å². The van der Waals surface area contributed by atoms with Crippen molar-refractivity contribution in [3.8, 4) is 0 Å². The van der Waals surface area contributed by atoms with Crippen LogP contribution in [0.4, 0.5) is 11.4 Å². The molecule has 5 nitrogen and oxygen atoms in total. The van der Waals surface area contributed by atoms with Crippen LogP contribution in [0.2, 0.25) is 0 Å². The summed E-state index contributed by atoms with van der Waals surface area (Å²) >= 11 is 0. The average molecular weight is 349 g/mol. The number of carbonyl (C=O) groups excluding carboxylic acids is 2.